The van der Waals surface area contributed by atoms with Crippen LogP contribution >= 0.6 is 0 Å². The van der Waals surface area contributed by atoms with E-state index in [0.717, 1.165) is 5.69 Å². The Kier molecular flexibility index (Phi) is 3.89. The van der Waals surface area contributed by atoms with Crippen LogP contribution in [0.5, 0.6) is 0 Å². The third-order valence-corrected chi connectivity index (χ3v) is 3.37. The molecule has 0 aromatic carbocycles. The predicted molar refractivity (Wildman–Crippen MR) is 69.0 cm³/mol. The molecule has 0 fully saturated rings. The van der Waals surface area contributed by atoms with Crippen molar-refractivity contribution in [2.24, 2.45) is 7.05 Å². The first-order valence-corrected chi connectivity index (χ1v) is 6.34. The summed E-state index contributed by atoms with van der Waals surface area (Å²) in [5, 5.41) is 8.06. The van der Waals surface area contributed by atoms with E-state index >= 15 is 0 Å². The van der Waals surface area contributed by atoms with Crippen molar-refractivity contribution in [2.45, 2.75) is 33.0 Å². The first kappa shape index (κ1) is 15.3. The lowest BCUT2D eigenvalue weighted by Gasteiger charge is -2.07. The molecule has 0 N–H and O–H groups in total. The lowest BCUT2D eigenvalue weighted by molar-refractivity contribution is -0.0886. The van der Waals surface area contributed by atoms with Gasteiger partial charge in [-0.15, -0.1) is 0 Å². The van der Waals surface area contributed by atoms with Crippen molar-refractivity contribution >= 4 is 5.78 Å². The predicted octanol–water partition coefficient (Wildman–Crippen LogP) is 2.22. The fourth-order valence-electron chi connectivity index (χ4n) is 2.25. The smallest absolute Gasteiger partial charge is 0.284 e. The number of hydrogen-bond acceptors (Lipinski definition) is 3. The molecule has 8 heteroatoms. The van der Waals surface area contributed by atoms with Crippen molar-refractivity contribution < 1.29 is 18.0 Å². The molecule has 0 amide bonds. The molecular weight excluding hydrogens is 285 g/mol. The Hall–Kier alpha value is -2.12. The summed E-state index contributed by atoms with van der Waals surface area (Å²) in [5.41, 5.74) is 0.913. The summed E-state index contributed by atoms with van der Waals surface area (Å²) in [6, 6.07) is 1.83. The van der Waals surface area contributed by atoms with E-state index in [2.05, 4.69) is 10.2 Å². The van der Waals surface area contributed by atoms with Crippen molar-refractivity contribution in [3.05, 3.63) is 34.9 Å². The van der Waals surface area contributed by atoms with Gasteiger partial charge in [0.05, 0.1) is 11.3 Å². The standard InChI is InChI=1S/C13H15F3N4O/c1-8-11(12(21)13(14,15)16)9(2)20(18-8)7-5-10-4-6-17-19(10)3/h4,6H,5,7H2,1-3H3. The molecule has 2 heterocycles. The Bertz CT molecular complexity index is 669. The zero-order chi connectivity index (χ0) is 15.8. The number of aromatic nitrogens is 4. The highest BCUT2D eigenvalue weighted by atomic mass is 19.4. The topological polar surface area (TPSA) is 52.7 Å². The molecule has 0 spiro atoms. The van der Waals surface area contributed by atoms with Crippen molar-refractivity contribution in [3.8, 4) is 0 Å². The van der Waals surface area contributed by atoms with Crippen LogP contribution in [0.3, 0.4) is 0 Å². The van der Waals surface area contributed by atoms with Crippen LogP contribution in [0.2, 0.25) is 0 Å². The van der Waals surface area contributed by atoms with Crippen molar-refractivity contribution in [1.82, 2.24) is 19.6 Å². The zero-order valence-corrected chi connectivity index (χ0v) is 11.9. The van der Waals surface area contributed by atoms with Crippen LogP contribution in [-0.4, -0.2) is 31.5 Å². The summed E-state index contributed by atoms with van der Waals surface area (Å²) in [4.78, 5) is 11.4. The first-order valence-electron chi connectivity index (χ1n) is 6.34. The van der Waals surface area contributed by atoms with Crippen LogP contribution in [0.1, 0.15) is 27.4 Å². The minimum atomic E-state index is -4.88. The molecule has 0 saturated heterocycles. The molecule has 0 atom stereocenters. The fraction of sp³-hybridized carbons (Fsp3) is 0.462. The second-order valence-corrected chi connectivity index (χ2v) is 4.79. The molecular formula is C13H15F3N4O. The van der Waals surface area contributed by atoms with Crippen LogP contribution in [0.15, 0.2) is 12.3 Å². The third-order valence-electron chi connectivity index (χ3n) is 3.37. The van der Waals surface area contributed by atoms with E-state index in [1.54, 1.807) is 17.9 Å². The molecule has 2 rings (SSSR count). The van der Waals surface area contributed by atoms with Gasteiger partial charge in [-0.05, 0) is 19.9 Å². The molecule has 0 aliphatic carbocycles. The minimum Gasteiger partial charge on any atom is -0.284 e. The van der Waals surface area contributed by atoms with Gasteiger partial charge in [-0.2, -0.15) is 23.4 Å². The van der Waals surface area contributed by atoms with Crippen LogP contribution < -0.4 is 0 Å². The van der Waals surface area contributed by atoms with Gasteiger partial charge in [-0.3, -0.25) is 14.2 Å². The van der Waals surface area contributed by atoms with E-state index < -0.39 is 12.0 Å². The van der Waals surface area contributed by atoms with Gasteiger partial charge in [0.2, 0.25) is 0 Å². The lowest BCUT2D eigenvalue weighted by atomic mass is 10.1. The van der Waals surface area contributed by atoms with Crippen LogP contribution in [0, 0.1) is 13.8 Å². The number of nitrogens with zero attached hydrogens (tertiary/aromatic N) is 4. The number of Topliss-reactive ketones (excluding diaryl/α,β-unsaturated/α-hetero) is 1. The number of hydrogen-bond donors (Lipinski definition) is 0. The van der Waals surface area contributed by atoms with Crippen molar-refractivity contribution in [2.75, 3.05) is 0 Å². The average molecular weight is 300 g/mol. The largest absolute Gasteiger partial charge is 0.455 e. The minimum absolute atomic E-state index is 0.0971. The van der Waals surface area contributed by atoms with Crippen molar-refractivity contribution in [3.63, 3.8) is 0 Å². The Balaban J connectivity index is 2.23. The van der Waals surface area contributed by atoms with Gasteiger partial charge in [-0.1, -0.05) is 0 Å². The molecule has 21 heavy (non-hydrogen) atoms. The second-order valence-electron chi connectivity index (χ2n) is 4.79. The number of carbonyl (C=O) groups excluding carboxylic acids is 1. The average Bonchev–Trinajstić information content (AvgIpc) is 2.89. The Morgan fingerprint density at radius 2 is 2.00 bits per heavy atom. The summed E-state index contributed by atoms with van der Waals surface area (Å²) < 4.78 is 40.8. The number of aryl methyl sites for hydroxylation is 4. The van der Waals surface area contributed by atoms with Crippen LogP contribution in [0.4, 0.5) is 13.2 Å². The van der Waals surface area contributed by atoms with Crippen molar-refractivity contribution in [1.29, 1.82) is 0 Å². The summed E-state index contributed by atoms with van der Waals surface area (Å²) in [7, 11) is 1.79. The quantitative estimate of drug-likeness (QED) is 0.814. The molecule has 0 radical (unpaired) electrons. The Labute approximate surface area is 119 Å². The molecule has 0 saturated carbocycles. The van der Waals surface area contributed by atoms with Gasteiger partial charge < -0.3 is 0 Å². The number of alkyl halides is 3. The molecule has 0 aliphatic rings. The lowest BCUT2D eigenvalue weighted by Crippen LogP contribution is -2.24. The fourth-order valence-corrected chi connectivity index (χ4v) is 2.25. The highest BCUT2D eigenvalue weighted by molar-refractivity contribution is 6.02. The number of halogens is 3. The van der Waals surface area contributed by atoms with E-state index in [1.165, 1.54) is 18.5 Å². The SMILES string of the molecule is Cc1nn(CCc2ccnn2C)c(C)c1C(=O)C(F)(F)F. The monoisotopic (exact) mass is 300 g/mol. The van der Waals surface area contributed by atoms with Gasteiger partial charge in [0.25, 0.3) is 5.78 Å². The molecule has 0 unspecified atom stereocenters. The van der Waals surface area contributed by atoms with Gasteiger partial charge in [0.15, 0.2) is 0 Å². The molecule has 2 aromatic rings. The maximum Gasteiger partial charge on any atom is 0.455 e. The summed E-state index contributed by atoms with van der Waals surface area (Å²) in [6.45, 7) is 3.27. The molecule has 2 aromatic heterocycles. The summed E-state index contributed by atoms with van der Waals surface area (Å²) in [5.74, 6) is -1.84. The maximum atomic E-state index is 12.6. The third kappa shape index (κ3) is 2.98. The maximum absolute atomic E-state index is 12.6. The highest BCUT2D eigenvalue weighted by Crippen LogP contribution is 2.25. The first-order chi connectivity index (χ1) is 9.71. The van der Waals surface area contributed by atoms with Crippen LogP contribution in [0.25, 0.3) is 0 Å². The van der Waals surface area contributed by atoms with E-state index in [4.69, 9.17) is 0 Å². The molecule has 0 aliphatic heterocycles. The van der Waals surface area contributed by atoms with E-state index in [1.807, 2.05) is 6.07 Å². The number of carbonyl (C=O) groups is 1. The zero-order valence-electron chi connectivity index (χ0n) is 11.9. The van der Waals surface area contributed by atoms with Gasteiger partial charge >= 0.3 is 6.18 Å². The molecule has 114 valence electrons. The van der Waals surface area contributed by atoms with E-state index in [-0.39, 0.29) is 17.0 Å². The van der Waals surface area contributed by atoms with E-state index in [0.29, 0.717) is 13.0 Å². The Morgan fingerprint density at radius 3 is 2.52 bits per heavy atom. The molecule has 0 bridgehead atoms. The Morgan fingerprint density at radius 1 is 1.33 bits per heavy atom. The van der Waals surface area contributed by atoms with Gasteiger partial charge in [0.1, 0.15) is 0 Å². The van der Waals surface area contributed by atoms with Gasteiger partial charge in [0, 0.05) is 37.6 Å². The second kappa shape index (κ2) is 5.34. The summed E-state index contributed by atoms with van der Waals surface area (Å²) in [6.07, 6.45) is -2.67. The summed E-state index contributed by atoms with van der Waals surface area (Å²) >= 11 is 0. The number of rotatable bonds is 4. The molecule has 5 nitrogen and oxygen atoms in total. The van der Waals surface area contributed by atoms with Crippen LogP contribution in [-0.2, 0) is 20.0 Å². The highest BCUT2D eigenvalue weighted by Gasteiger charge is 2.42. The number of ketones is 1. The normalized spacial score (nSPS) is 11.9. The van der Waals surface area contributed by atoms with Gasteiger partial charge in [-0.25, -0.2) is 0 Å². The van der Waals surface area contributed by atoms with E-state index in [9.17, 15) is 18.0 Å².